The molecular formula is C19H20F3NO3S2. The highest BCUT2D eigenvalue weighted by atomic mass is 32.2. The molecule has 0 spiro atoms. The first kappa shape index (κ1) is 21.0. The maximum atomic E-state index is 12.9. The molecule has 4 nitrogen and oxygen atoms in total. The molecule has 0 aromatic heterocycles. The number of hydrogen-bond donors (Lipinski definition) is 0. The van der Waals surface area contributed by atoms with E-state index in [1.165, 1.54) is 15.4 Å². The van der Waals surface area contributed by atoms with Crippen LogP contribution in [0, 0.1) is 6.92 Å². The molecule has 1 aliphatic rings. The number of ether oxygens (including phenoxy) is 1. The quantitative estimate of drug-likeness (QED) is 0.700. The summed E-state index contributed by atoms with van der Waals surface area (Å²) in [5.41, 5.74) is 2.39. The van der Waals surface area contributed by atoms with E-state index in [1.54, 1.807) is 11.8 Å². The van der Waals surface area contributed by atoms with Crippen LogP contribution in [0.15, 0.2) is 53.4 Å². The zero-order valence-electron chi connectivity index (χ0n) is 15.1. The van der Waals surface area contributed by atoms with Crippen LogP contribution >= 0.6 is 11.8 Å². The van der Waals surface area contributed by atoms with Crippen molar-refractivity contribution in [3.63, 3.8) is 0 Å². The number of sulfonamides is 1. The normalized spacial score (nSPS) is 19.2. The molecule has 3 rings (SSSR count). The van der Waals surface area contributed by atoms with Gasteiger partial charge in [-0.05, 0) is 48.7 Å². The van der Waals surface area contributed by atoms with Crippen molar-refractivity contribution in [3.8, 4) is 5.75 Å². The third-order valence-electron chi connectivity index (χ3n) is 4.53. The molecule has 1 fully saturated rings. The molecule has 0 aliphatic carbocycles. The summed E-state index contributed by atoms with van der Waals surface area (Å²) in [4.78, 5) is -0.0404. The lowest BCUT2D eigenvalue weighted by atomic mass is 10.0. The fraction of sp³-hybridized carbons (Fsp3) is 0.368. The molecule has 1 aliphatic heterocycles. The molecule has 28 heavy (non-hydrogen) atoms. The molecule has 2 aromatic rings. The first-order valence-electron chi connectivity index (χ1n) is 8.70. The van der Waals surface area contributed by atoms with Gasteiger partial charge in [0.1, 0.15) is 5.75 Å². The van der Waals surface area contributed by atoms with Crippen LogP contribution in [0.5, 0.6) is 5.75 Å². The number of rotatable bonds is 4. The van der Waals surface area contributed by atoms with E-state index >= 15 is 0 Å². The van der Waals surface area contributed by atoms with Gasteiger partial charge in [-0.25, -0.2) is 8.42 Å². The molecule has 2 aromatic carbocycles. The molecule has 0 amide bonds. The van der Waals surface area contributed by atoms with Crippen molar-refractivity contribution in [3.05, 3.63) is 59.7 Å². The zero-order valence-corrected chi connectivity index (χ0v) is 16.8. The van der Waals surface area contributed by atoms with Gasteiger partial charge >= 0.3 is 6.36 Å². The van der Waals surface area contributed by atoms with Crippen LogP contribution in [-0.2, 0) is 10.0 Å². The van der Waals surface area contributed by atoms with E-state index in [1.807, 2.05) is 25.1 Å². The summed E-state index contributed by atoms with van der Waals surface area (Å²) < 4.78 is 67.8. The summed E-state index contributed by atoms with van der Waals surface area (Å²) in [6.45, 7) is 2.76. The number of thioether (sulfide) groups is 1. The van der Waals surface area contributed by atoms with E-state index in [0.29, 0.717) is 25.3 Å². The Morgan fingerprint density at radius 1 is 1.07 bits per heavy atom. The molecule has 1 heterocycles. The molecule has 9 heteroatoms. The molecule has 0 saturated carbocycles. The van der Waals surface area contributed by atoms with Crippen molar-refractivity contribution >= 4 is 21.8 Å². The van der Waals surface area contributed by atoms with Crippen molar-refractivity contribution in [1.82, 2.24) is 4.31 Å². The number of nitrogens with zero attached hydrogens (tertiary/aromatic N) is 1. The fourth-order valence-electron chi connectivity index (χ4n) is 3.15. The standard InChI is InChI=1S/C19H20F3NO3S2/c1-14-4-2-3-5-17(14)18-10-11-23(12-13-27-18)28(24,25)16-8-6-15(7-9-16)26-19(20,21)22/h2-9,18H,10-13H2,1H3. The second kappa shape index (κ2) is 8.34. The molecule has 0 bridgehead atoms. The molecule has 1 atom stereocenters. The van der Waals surface area contributed by atoms with Crippen LogP contribution in [0.1, 0.15) is 22.8 Å². The second-order valence-electron chi connectivity index (χ2n) is 6.43. The van der Waals surface area contributed by atoms with Gasteiger partial charge in [0.05, 0.1) is 4.90 Å². The summed E-state index contributed by atoms with van der Waals surface area (Å²) >= 11 is 1.72. The van der Waals surface area contributed by atoms with Crippen LogP contribution in [0.4, 0.5) is 13.2 Å². The molecule has 1 saturated heterocycles. The third kappa shape index (κ3) is 5.01. The van der Waals surface area contributed by atoms with Gasteiger partial charge in [0.15, 0.2) is 0 Å². The van der Waals surface area contributed by atoms with E-state index in [4.69, 9.17) is 0 Å². The van der Waals surface area contributed by atoms with Crippen LogP contribution < -0.4 is 4.74 Å². The predicted molar refractivity (Wildman–Crippen MR) is 103 cm³/mol. The van der Waals surface area contributed by atoms with E-state index < -0.39 is 22.1 Å². The average Bonchev–Trinajstić information content (AvgIpc) is 2.88. The van der Waals surface area contributed by atoms with Crippen molar-refractivity contribution in [2.24, 2.45) is 0 Å². The Morgan fingerprint density at radius 3 is 2.39 bits per heavy atom. The van der Waals surface area contributed by atoms with Crippen molar-refractivity contribution < 1.29 is 26.3 Å². The molecule has 0 N–H and O–H groups in total. The van der Waals surface area contributed by atoms with Gasteiger partial charge in [0.2, 0.25) is 10.0 Å². The van der Waals surface area contributed by atoms with Gasteiger partial charge in [-0.15, -0.1) is 13.2 Å². The lowest BCUT2D eigenvalue weighted by molar-refractivity contribution is -0.274. The Bertz CT molecular complexity index is 915. The van der Waals surface area contributed by atoms with Crippen molar-refractivity contribution in [1.29, 1.82) is 0 Å². The number of aryl methyl sites for hydroxylation is 1. The highest BCUT2D eigenvalue weighted by Gasteiger charge is 2.32. The smallest absolute Gasteiger partial charge is 0.406 e. The molecule has 0 radical (unpaired) electrons. The Labute approximate surface area is 166 Å². The number of benzene rings is 2. The lowest BCUT2D eigenvalue weighted by Gasteiger charge is -2.20. The first-order valence-corrected chi connectivity index (χ1v) is 11.2. The minimum atomic E-state index is -4.81. The number of halogens is 3. The SMILES string of the molecule is Cc1ccccc1C1CCN(S(=O)(=O)c2ccc(OC(F)(F)F)cc2)CCS1. The zero-order chi connectivity index (χ0) is 20.4. The van der Waals surface area contributed by atoms with Gasteiger partial charge in [-0.2, -0.15) is 16.1 Å². The monoisotopic (exact) mass is 431 g/mol. The van der Waals surface area contributed by atoms with E-state index in [9.17, 15) is 21.6 Å². The topological polar surface area (TPSA) is 46.6 Å². The minimum Gasteiger partial charge on any atom is -0.406 e. The van der Waals surface area contributed by atoms with Crippen LogP contribution in [-0.4, -0.2) is 37.9 Å². The largest absolute Gasteiger partial charge is 0.573 e. The van der Waals surface area contributed by atoms with E-state index in [2.05, 4.69) is 10.8 Å². The summed E-state index contributed by atoms with van der Waals surface area (Å²) in [7, 11) is -3.78. The Balaban J connectivity index is 1.73. The average molecular weight is 432 g/mol. The Morgan fingerprint density at radius 2 is 1.75 bits per heavy atom. The summed E-state index contributed by atoms with van der Waals surface area (Å²) in [5.74, 6) is 0.200. The van der Waals surface area contributed by atoms with Gasteiger partial charge in [-0.3, -0.25) is 0 Å². The van der Waals surface area contributed by atoms with Crippen LogP contribution in [0.2, 0.25) is 0 Å². The van der Waals surface area contributed by atoms with Gasteiger partial charge in [0, 0.05) is 24.1 Å². The van der Waals surface area contributed by atoms with Gasteiger partial charge in [-0.1, -0.05) is 24.3 Å². The number of alkyl halides is 3. The van der Waals surface area contributed by atoms with Gasteiger partial charge in [0.25, 0.3) is 0 Å². The van der Waals surface area contributed by atoms with Gasteiger partial charge < -0.3 is 4.74 Å². The molecule has 152 valence electrons. The fourth-order valence-corrected chi connectivity index (χ4v) is 6.05. The predicted octanol–water partition coefficient (Wildman–Crippen LogP) is 4.76. The molecule has 1 unspecified atom stereocenters. The first-order chi connectivity index (χ1) is 13.2. The summed E-state index contributed by atoms with van der Waals surface area (Å²) in [6.07, 6.45) is -4.14. The maximum absolute atomic E-state index is 12.9. The highest BCUT2D eigenvalue weighted by molar-refractivity contribution is 7.99. The van der Waals surface area contributed by atoms with E-state index in [-0.39, 0.29) is 10.1 Å². The van der Waals surface area contributed by atoms with E-state index in [0.717, 1.165) is 24.3 Å². The highest BCUT2D eigenvalue weighted by Crippen LogP contribution is 2.37. The minimum absolute atomic E-state index is 0.0404. The van der Waals surface area contributed by atoms with Crippen molar-refractivity contribution in [2.75, 3.05) is 18.8 Å². The molecular weight excluding hydrogens is 411 g/mol. The lowest BCUT2D eigenvalue weighted by Crippen LogP contribution is -2.33. The van der Waals surface area contributed by atoms with Crippen LogP contribution in [0.3, 0.4) is 0 Å². The second-order valence-corrected chi connectivity index (χ2v) is 9.68. The Kier molecular flexibility index (Phi) is 6.26. The van der Waals surface area contributed by atoms with Crippen LogP contribution in [0.25, 0.3) is 0 Å². The maximum Gasteiger partial charge on any atom is 0.573 e. The summed E-state index contributed by atoms with van der Waals surface area (Å²) in [6, 6.07) is 12.4. The third-order valence-corrected chi connectivity index (χ3v) is 7.75. The van der Waals surface area contributed by atoms with Crippen molar-refractivity contribution in [2.45, 2.75) is 29.9 Å². The number of hydrogen-bond acceptors (Lipinski definition) is 4. The Hall–Kier alpha value is -1.71. The summed E-state index contributed by atoms with van der Waals surface area (Å²) in [5, 5.41) is 0.212.